The maximum absolute atomic E-state index is 11.4. The smallest absolute Gasteiger partial charge is 0.335 e. The van der Waals surface area contributed by atoms with Crippen LogP contribution >= 0.6 is 0 Å². The molecule has 106 valence electrons. The zero-order valence-corrected chi connectivity index (χ0v) is 11.8. The Morgan fingerprint density at radius 3 is 2.20 bits per heavy atom. The molecule has 0 aliphatic heterocycles. The topological polar surface area (TPSA) is 37.3 Å². The molecule has 2 nitrogen and oxygen atoms in total. The number of rotatable bonds is 3. The van der Waals surface area contributed by atoms with Crippen LogP contribution in [0.15, 0.2) is 24.3 Å². The summed E-state index contributed by atoms with van der Waals surface area (Å²) in [5, 5.41) is 9.35. The van der Waals surface area contributed by atoms with Crippen molar-refractivity contribution in [1.29, 1.82) is 0 Å². The molecule has 0 aromatic heterocycles. The van der Waals surface area contributed by atoms with Gasteiger partial charge in [-0.05, 0) is 79.7 Å². The van der Waals surface area contributed by atoms with Gasteiger partial charge in [-0.2, -0.15) is 0 Å². The van der Waals surface area contributed by atoms with E-state index < -0.39 is 5.97 Å². The Morgan fingerprint density at radius 2 is 1.60 bits per heavy atom. The second-order valence-electron chi connectivity index (χ2n) is 7.26. The van der Waals surface area contributed by atoms with Crippen molar-refractivity contribution in [3.8, 4) is 0 Å². The Bertz CT molecular complexity index is 506. The third-order valence-corrected chi connectivity index (χ3v) is 6.13. The van der Waals surface area contributed by atoms with E-state index in [1.165, 1.54) is 32.1 Å². The minimum Gasteiger partial charge on any atom is -0.478 e. The van der Waals surface area contributed by atoms with Crippen LogP contribution in [0, 0.1) is 29.6 Å². The Labute approximate surface area is 120 Å². The first-order valence-electron chi connectivity index (χ1n) is 8.02. The lowest BCUT2D eigenvalue weighted by Gasteiger charge is -2.54. The highest BCUT2D eigenvalue weighted by atomic mass is 16.4. The average molecular weight is 270 g/mol. The fourth-order valence-corrected chi connectivity index (χ4v) is 5.53. The predicted molar refractivity (Wildman–Crippen MR) is 77.6 cm³/mol. The van der Waals surface area contributed by atoms with E-state index in [-0.39, 0.29) is 0 Å². The molecule has 0 radical (unpaired) electrons. The van der Waals surface area contributed by atoms with Gasteiger partial charge in [0.2, 0.25) is 0 Å². The zero-order valence-electron chi connectivity index (χ0n) is 11.8. The normalized spacial score (nSPS) is 38.1. The van der Waals surface area contributed by atoms with Crippen molar-refractivity contribution in [1.82, 2.24) is 0 Å². The number of aromatic carboxylic acids is 1. The van der Waals surface area contributed by atoms with E-state index in [4.69, 9.17) is 0 Å². The van der Waals surface area contributed by atoms with Crippen molar-refractivity contribution in [2.45, 2.75) is 38.5 Å². The summed E-state index contributed by atoms with van der Waals surface area (Å²) in [4.78, 5) is 11.4. The third-order valence-electron chi connectivity index (χ3n) is 6.13. The molecule has 4 aliphatic rings. The van der Waals surface area contributed by atoms with Crippen LogP contribution in [0.3, 0.4) is 0 Å². The van der Waals surface area contributed by atoms with Gasteiger partial charge in [0.15, 0.2) is 0 Å². The van der Waals surface area contributed by atoms with E-state index in [1.807, 2.05) is 18.2 Å². The first-order chi connectivity index (χ1) is 9.70. The van der Waals surface area contributed by atoms with Crippen molar-refractivity contribution in [3.63, 3.8) is 0 Å². The molecular weight excluding hydrogens is 248 g/mol. The fraction of sp³-hybridized carbons (Fsp3) is 0.611. The highest BCUT2D eigenvalue weighted by molar-refractivity contribution is 5.89. The maximum atomic E-state index is 11.4. The molecule has 4 aliphatic carbocycles. The Hall–Kier alpha value is -1.31. The molecule has 5 rings (SSSR count). The SMILES string of the molecule is O=C(O)c1ccccc1CC1C2CC3CC(C2)CC1C3. The zero-order chi connectivity index (χ0) is 13.7. The molecule has 0 spiro atoms. The van der Waals surface area contributed by atoms with Gasteiger partial charge in [0, 0.05) is 0 Å². The van der Waals surface area contributed by atoms with Crippen LogP contribution in [0.2, 0.25) is 0 Å². The van der Waals surface area contributed by atoms with Gasteiger partial charge in [-0.25, -0.2) is 4.79 Å². The van der Waals surface area contributed by atoms with Crippen molar-refractivity contribution in [2.75, 3.05) is 0 Å². The summed E-state index contributed by atoms with van der Waals surface area (Å²) in [5.41, 5.74) is 1.57. The lowest BCUT2D eigenvalue weighted by atomic mass is 9.51. The minimum atomic E-state index is -0.774. The predicted octanol–water partition coefficient (Wildman–Crippen LogP) is 4.00. The summed E-state index contributed by atoms with van der Waals surface area (Å²) >= 11 is 0. The summed E-state index contributed by atoms with van der Waals surface area (Å²) in [6, 6.07) is 7.60. The highest BCUT2D eigenvalue weighted by Gasteiger charge is 2.47. The standard InChI is InChI=1S/C18H22O2/c19-18(20)16-4-2-1-3-13(16)10-17-14-6-11-5-12(8-14)9-15(17)7-11/h1-4,11-12,14-15,17H,5-10H2,(H,19,20). The third kappa shape index (κ3) is 1.97. The van der Waals surface area contributed by atoms with Crippen LogP contribution in [0.25, 0.3) is 0 Å². The Kier molecular flexibility index (Phi) is 2.87. The summed E-state index contributed by atoms with van der Waals surface area (Å²) in [7, 11) is 0. The van der Waals surface area contributed by atoms with Gasteiger partial charge in [-0.3, -0.25) is 0 Å². The van der Waals surface area contributed by atoms with Gasteiger partial charge in [0.1, 0.15) is 0 Å². The number of hydrogen-bond acceptors (Lipinski definition) is 1. The lowest BCUT2D eigenvalue weighted by molar-refractivity contribution is -0.0360. The summed E-state index contributed by atoms with van der Waals surface area (Å²) < 4.78 is 0. The molecule has 4 bridgehead atoms. The van der Waals surface area contributed by atoms with E-state index in [0.717, 1.165) is 41.6 Å². The molecule has 20 heavy (non-hydrogen) atoms. The number of hydrogen-bond donors (Lipinski definition) is 1. The van der Waals surface area contributed by atoms with Crippen molar-refractivity contribution in [2.24, 2.45) is 29.6 Å². The number of carboxylic acid groups (broad SMARTS) is 1. The minimum absolute atomic E-state index is 0.515. The van der Waals surface area contributed by atoms with Crippen LogP contribution in [-0.2, 0) is 6.42 Å². The molecule has 0 amide bonds. The van der Waals surface area contributed by atoms with Crippen molar-refractivity contribution in [3.05, 3.63) is 35.4 Å². The second-order valence-corrected chi connectivity index (χ2v) is 7.26. The molecular formula is C18H22O2. The average Bonchev–Trinajstić information content (AvgIpc) is 2.42. The van der Waals surface area contributed by atoms with Crippen LogP contribution in [0.1, 0.15) is 48.0 Å². The van der Waals surface area contributed by atoms with Gasteiger partial charge in [-0.1, -0.05) is 18.2 Å². The molecule has 1 aromatic rings. The van der Waals surface area contributed by atoms with Gasteiger partial charge in [0.25, 0.3) is 0 Å². The van der Waals surface area contributed by atoms with E-state index in [9.17, 15) is 9.90 Å². The van der Waals surface area contributed by atoms with Gasteiger partial charge >= 0.3 is 5.97 Å². The maximum Gasteiger partial charge on any atom is 0.335 e. The van der Waals surface area contributed by atoms with Crippen LogP contribution in [0.5, 0.6) is 0 Å². The van der Waals surface area contributed by atoms with Crippen LogP contribution in [-0.4, -0.2) is 11.1 Å². The quantitative estimate of drug-likeness (QED) is 0.901. The first-order valence-corrected chi connectivity index (χ1v) is 8.02. The molecule has 1 N–H and O–H groups in total. The molecule has 0 atom stereocenters. The Balaban J connectivity index is 1.59. The molecule has 0 heterocycles. The summed E-state index contributed by atoms with van der Waals surface area (Å²) in [5.74, 6) is 3.68. The second kappa shape index (κ2) is 4.61. The fourth-order valence-electron chi connectivity index (χ4n) is 5.53. The summed E-state index contributed by atoms with van der Waals surface area (Å²) in [6.45, 7) is 0. The first kappa shape index (κ1) is 12.4. The largest absolute Gasteiger partial charge is 0.478 e. The monoisotopic (exact) mass is 270 g/mol. The number of carboxylic acids is 1. The molecule has 4 fully saturated rings. The van der Waals surface area contributed by atoms with Gasteiger partial charge < -0.3 is 5.11 Å². The lowest BCUT2D eigenvalue weighted by Crippen LogP contribution is -2.45. The van der Waals surface area contributed by atoms with E-state index in [0.29, 0.717) is 5.56 Å². The van der Waals surface area contributed by atoms with E-state index >= 15 is 0 Å². The van der Waals surface area contributed by atoms with E-state index in [1.54, 1.807) is 6.07 Å². The van der Waals surface area contributed by atoms with E-state index in [2.05, 4.69) is 0 Å². The summed E-state index contributed by atoms with van der Waals surface area (Å²) in [6.07, 6.45) is 8.10. The molecule has 2 heteroatoms. The highest BCUT2D eigenvalue weighted by Crippen LogP contribution is 2.57. The number of carbonyl (C=O) groups is 1. The molecule has 1 aromatic carbocycles. The van der Waals surface area contributed by atoms with Crippen LogP contribution < -0.4 is 0 Å². The molecule has 0 saturated heterocycles. The van der Waals surface area contributed by atoms with Gasteiger partial charge in [-0.15, -0.1) is 0 Å². The van der Waals surface area contributed by atoms with Crippen molar-refractivity contribution < 1.29 is 9.90 Å². The van der Waals surface area contributed by atoms with Crippen molar-refractivity contribution >= 4 is 5.97 Å². The number of benzene rings is 1. The van der Waals surface area contributed by atoms with Gasteiger partial charge in [0.05, 0.1) is 5.56 Å². The molecule has 4 saturated carbocycles. The Morgan fingerprint density at radius 1 is 1.00 bits per heavy atom. The molecule has 0 unspecified atom stereocenters. The van der Waals surface area contributed by atoms with Crippen LogP contribution in [0.4, 0.5) is 0 Å².